The van der Waals surface area contributed by atoms with Gasteiger partial charge in [0.2, 0.25) is 0 Å². The van der Waals surface area contributed by atoms with Crippen molar-refractivity contribution in [3.8, 4) is 0 Å². The van der Waals surface area contributed by atoms with Crippen LogP contribution in [0.25, 0.3) is 0 Å². The first-order valence-corrected chi connectivity index (χ1v) is 7.15. The maximum Gasteiger partial charge on any atom is 0.308 e. The molecule has 1 atom stereocenters. The molecule has 0 aliphatic heterocycles. The van der Waals surface area contributed by atoms with E-state index in [1.807, 2.05) is 13.8 Å². The summed E-state index contributed by atoms with van der Waals surface area (Å²) < 4.78 is 0. The lowest BCUT2D eigenvalue weighted by atomic mass is 10.0. The number of rotatable bonds is 6. The van der Waals surface area contributed by atoms with Crippen LogP contribution >= 0.6 is 11.6 Å². The molecule has 7 heteroatoms. The van der Waals surface area contributed by atoms with Crippen molar-refractivity contribution < 1.29 is 9.59 Å². The Morgan fingerprint density at radius 2 is 1.86 bits per heavy atom. The summed E-state index contributed by atoms with van der Waals surface area (Å²) in [6.07, 6.45) is 2.94. The number of nitrogens with one attached hydrogen (secondary N) is 1. The second kappa shape index (κ2) is 12.2. The van der Waals surface area contributed by atoms with Gasteiger partial charge in [-0.3, -0.25) is 9.59 Å². The van der Waals surface area contributed by atoms with Gasteiger partial charge in [-0.2, -0.15) is 0 Å². The summed E-state index contributed by atoms with van der Waals surface area (Å²) in [4.78, 5) is 33.5. The number of hydrogen-bond donors (Lipinski definition) is 2. The van der Waals surface area contributed by atoms with Gasteiger partial charge in [-0.1, -0.05) is 45.4 Å². The number of hydrogen-bond acceptors (Lipinski definition) is 4. The lowest BCUT2D eigenvalue weighted by Gasteiger charge is -2.18. The topological polar surface area (TPSA) is 102 Å². The van der Waals surface area contributed by atoms with Crippen molar-refractivity contribution in [1.29, 1.82) is 0 Å². The molecule has 0 bridgehead atoms. The molecule has 120 valence electrons. The molecule has 0 heterocycles. The summed E-state index contributed by atoms with van der Waals surface area (Å²) in [7, 11) is 0. The molecule has 0 aromatic rings. The largest absolute Gasteiger partial charge is 0.340 e. The molecular weight excluding hydrogens is 294 g/mol. The normalized spacial score (nSPS) is 13.1. The highest BCUT2D eigenvalue weighted by molar-refractivity contribution is 6.30. The van der Waals surface area contributed by atoms with Gasteiger partial charge in [0.05, 0.1) is 0 Å². The molecule has 0 spiro atoms. The number of halogens is 1. The second-order valence-corrected chi connectivity index (χ2v) is 4.65. The zero-order valence-corrected chi connectivity index (χ0v) is 13.9. The summed E-state index contributed by atoms with van der Waals surface area (Å²) in [5, 5.41) is 5.10. The van der Waals surface area contributed by atoms with Crippen LogP contribution in [0.5, 0.6) is 0 Å². The van der Waals surface area contributed by atoms with Gasteiger partial charge < -0.3 is 11.1 Å². The van der Waals surface area contributed by atoms with Crippen molar-refractivity contribution in [2.75, 3.05) is 6.54 Å². The van der Waals surface area contributed by atoms with Gasteiger partial charge in [-0.15, -0.1) is 4.91 Å². The Balaban J connectivity index is 0. The van der Waals surface area contributed by atoms with E-state index in [1.165, 1.54) is 12.2 Å². The predicted molar refractivity (Wildman–Crippen MR) is 85.7 cm³/mol. The van der Waals surface area contributed by atoms with Gasteiger partial charge in [0.15, 0.2) is 0 Å². The minimum absolute atomic E-state index is 0.106. The lowest BCUT2D eigenvalue weighted by molar-refractivity contribution is -0.126. The van der Waals surface area contributed by atoms with E-state index in [9.17, 15) is 14.5 Å². The Bertz CT molecular complexity index is 418. The second-order valence-electron chi connectivity index (χ2n) is 4.16. The van der Waals surface area contributed by atoms with E-state index in [4.69, 9.17) is 17.3 Å². The Kier molecular flexibility index (Phi) is 12.7. The van der Waals surface area contributed by atoms with Crippen molar-refractivity contribution in [2.24, 2.45) is 16.8 Å². The molecule has 0 fully saturated rings. The average molecular weight is 318 g/mol. The van der Waals surface area contributed by atoms with Gasteiger partial charge in [0.25, 0.3) is 5.91 Å². The number of nitroso groups, excluding NO2 is 1. The third-order valence-corrected chi connectivity index (χ3v) is 2.65. The Morgan fingerprint density at radius 3 is 2.19 bits per heavy atom. The smallest absolute Gasteiger partial charge is 0.308 e. The van der Waals surface area contributed by atoms with Crippen molar-refractivity contribution >= 4 is 23.4 Å². The fourth-order valence-electron chi connectivity index (χ4n) is 1.30. The first-order chi connectivity index (χ1) is 9.87. The monoisotopic (exact) mass is 317 g/mol. The minimum Gasteiger partial charge on any atom is -0.340 e. The molecule has 6 nitrogen and oxygen atoms in total. The quantitative estimate of drug-likeness (QED) is 0.446. The van der Waals surface area contributed by atoms with E-state index in [0.717, 1.165) is 0 Å². The number of carbonyl (C=O) groups excluding carboxylic acids is 2. The summed E-state index contributed by atoms with van der Waals surface area (Å²) >= 11 is 5.75. The molecule has 3 N–H and O–H groups in total. The Hall–Kier alpha value is -1.53. The molecule has 2 amide bonds. The number of nitrogens with two attached hydrogens (primary N) is 1. The fraction of sp³-hybridized carbons (Fsp3) is 0.571. The first kappa shape index (κ1) is 21.8. The summed E-state index contributed by atoms with van der Waals surface area (Å²) in [5.74, 6) is -1.67. The molecule has 0 saturated heterocycles. The number of amides is 2. The SMILES string of the molecule is C/C=C(\C=C(\Cl)CN)C(=O)NC(C(=O)N=O)C(C)C.CC. The fourth-order valence-corrected chi connectivity index (χ4v) is 1.42. The van der Waals surface area contributed by atoms with Gasteiger partial charge in [0, 0.05) is 22.3 Å². The van der Waals surface area contributed by atoms with E-state index in [-0.39, 0.29) is 18.0 Å². The van der Waals surface area contributed by atoms with Crippen LogP contribution in [0.3, 0.4) is 0 Å². The zero-order valence-electron chi connectivity index (χ0n) is 13.1. The van der Waals surface area contributed by atoms with Gasteiger partial charge >= 0.3 is 5.91 Å². The highest BCUT2D eigenvalue weighted by Crippen LogP contribution is 2.09. The van der Waals surface area contributed by atoms with Crippen LogP contribution in [0.15, 0.2) is 27.9 Å². The number of allylic oxidation sites excluding steroid dienone is 1. The van der Waals surface area contributed by atoms with Crippen molar-refractivity contribution in [3.05, 3.63) is 27.7 Å². The van der Waals surface area contributed by atoms with Crippen LogP contribution < -0.4 is 11.1 Å². The van der Waals surface area contributed by atoms with E-state index in [2.05, 4.69) is 10.5 Å². The van der Waals surface area contributed by atoms with Crippen LogP contribution in [0.2, 0.25) is 0 Å². The van der Waals surface area contributed by atoms with Crippen LogP contribution in [-0.4, -0.2) is 24.4 Å². The third kappa shape index (κ3) is 8.37. The molecule has 0 rings (SSSR count). The van der Waals surface area contributed by atoms with Gasteiger partial charge in [0.1, 0.15) is 6.04 Å². The average Bonchev–Trinajstić information content (AvgIpc) is 2.50. The van der Waals surface area contributed by atoms with E-state index in [1.54, 1.807) is 20.8 Å². The van der Waals surface area contributed by atoms with Crippen molar-refractivity contribution in [2.45, 2.75) is 40.7 Å². The molecule has 0 aliphatic carbocycles. The first-order valence-electron chi connectivity index (χ1n) is 6.77. The number of carbonyl (C=O) groups is 2. The predicted octanol–water partition coefficient (Wildman–Crippen LogP) is 2.47. The Morgan fingerprint density at radius 1 is 1.33 bits per heavy atom. The molecule has 0 radical (unpaired) electrons. The van der Waals surface area contributed by atoms with E-state index >= 15 is 0 Å². The van der Waals surface area contributed by atoms with Gasteiger partial charge in [-0.25, -0.2) is 0 Å². The summed E-state index contributed by atoms with van der Waals surface area (Å²) in [6, 6.07) is -0.954. The van der Waals surface area contributed by atoms with Crippen molar-refractivity contribution in [3.63, 3.8) is 0 Å². The minimum atomic E-state index is -0.954. The third-order valence-electron chi connectivity index (χ3n) is 2.39. The molecule has 21 heavy (non-hydrogen) atoms. The van der Waals surface area contributed by atoms with Crippen LogP contribution in [-0.2, 0) is 9.59 Å². The summed E-state index contributed by atoms with van der Waals surface area (Å²) in [5.41, 5.74) is 5.59. The van der Waals surface area contributed by atoms with E-state index < -0.39 is 17.9 Å². The lowest BCUT2D eigenvalue weighted by Crippen LogP contribution is -2.44. The molecule has 0 saturated carbocycles. The molecular formula is C14H24ClN3O3. The molecule has 0 aliphatic rings. The highest BCUT2D eigenvalue weighted by atomic mass is 35.5. The Labute approximate surface area is 130 Å². The standard InChI is InChI=1S/C12H18ClN3O3.C2H6/c1-4-8(5-9(13)6-14)11(17)15-10(7(2)3)12(18)16-19;1-2/h4-5,7,10H,6,14H2,1-3H3,(H,15,17);1-2H3/b8-4+,9-5+;. The summed E-state index contributed by atoms with van der Waals surface area (Å²) in [6.45, 7) is 9.16. The maximum atomic E-state index is 11.9. The van der Waals surface area contributed by atoms with Crippen LogP contribution in [0.4, 0.5) is 0 Å². The molecule has 0 aromatic heterocycles. The number of nitrogens with zero attached hydrogens (tertiary/aromatic N) is 1. The zero-order chi connectivity index (χ0) is 17.0. The van der Waals surface area contributed by atoms with Crippen LogP contribution in [0, 0.1) is 10.8 Å². The highest BCUT2D eigenvalue weighted by Gasteiger charge is 2.25. The molecule has 0 aromatic carbocycles. The molecule has 1 unspecified atom stereocenters. The van der Waals surface area contributed by atoms with Gasteiger partial charge in [-0.05, 0) is 18.9 Å². The van der Waals surface area contributed by atoms with Crippen LogP contribution in [0.1, 0.15) is 34.6 Å². The van der Waals surface area contributed by atoms with Crippen molar-refractivity contribution in [1.82, 2.24) is 5.32 Å². The maximum absolute atomic E-state index is 11.9. The van der Waals surface area contributed by atoms with E-state index in [0.29, 0.717) is 5.03 Å².